The molecule has 4 rings (SSSR count). The van der Waals surface area contributed by atoms with E-state index in [-0.39, 0.29) is 11.2 Å². The van der Waals surface area contributed by atoms with Crippen LogP contribution in [0.1, 0.15) is 29.6 Å². The summed E-state index contributed by atoms with van der Waals surface area (Å²) < 4.78 is 0. The highest BCUT2D eigenvalue weighted by molar-refractivity contribution is 8.00. The number of para-hydroxylation sites is 1. The first-order chi connectivity index (χ1) is 12.5. The van der Waals surface area contributed by atoms with Gasteiger partial charge in [0.1, 0.15) is 15.7 Å². The first-order valence-corrected chi connectivity index (χ1v) is 10.5. The molecule has 1 aromatic carbocycles. The van der Waals surface area contributed by atoms with Crippen molar-refractivity contribution in [2.75, 3.05) is 11.9 Å². The van der Waals surface area contributed by atoms with Crippen LogP contribution in [0, 0.1) is 6.92 Å². The zero-order valence-electron chi connectivity index (χ0n) is 15.2. The van der Waals surface area contributed by atoms with E-state index in [0.717, 1.165) is 34.2 Å². The highest BCUT2D eigenvalue weighted by Gasteiger charge is 2.26. The summed E-state index contributed by atoms with van der Waals surface area (Å²) in [4.78, 5) is 26.5. The summed E-state index contributed by atoms with van der Waals surface area (Å²) in [5.74, 6) is 0.855. The molecule has 134 valence electrons. The molecule has 0 saturated heterocycles. The summed E-state index contributed by atoms with van der Waals surface area (Å²) in [5, 5.41) is 1.92. The van der Waals surface area contributed by atoms with Crippen LogP contribution in [-0.2, 0) is 17.6 Å². The number of carbonyl (C=O) groups is 1. The molecule has 1 aliphatic rings. The second-order valence-corrected chi connectivity index (χ2v) is 9.02. The Kier molecular flexibility index (Phi) is 4.71. The van der Waals surface area contributed by atoms with Gasteiger partial charge in [0.05, 0.1) is 5.25 Å². The Bertz CT molecular complexity index is 968. The van der Waals surface area contributed by atoms with E-state index in [1.165, 1.54) is 22.2 Å². The third-order valence-corrected chi connectivity index (χ3v) is 7.01. The minimum atomic E-state index is -0.213. The van der Waals surface area contributed by atoms with E-state index in [0.29, 0.717) is 0 Å². The lowest BCUT2D eigenvalue weighted by molar-refractivity contribution is -0.117. The second kappa shape index (κ2) is 7.00. The number of hydrogen-bond donors (Lipinski definition) is 0. The topological polar surface area (TPSA) is 46.1 Å². The van der Waals surface area contributed by atoms with Crippen LogP contribution >= 0.6 is 23.1 Å². The molecule has 26 heavy (non-hydrogen) atoms. The van der Waals surface area contributed by atoms with Crippen LogP contribution in [-0.4, -0.2) is 28.2 Å². The average molecular weight is 384 g/mol. The number of aryl methyl sites for hydroxylation is 3. The smallest absolute Gasteiger partial charge is 0.239 e. The average Bonchev–Trinajstić information content (AvgIpc) is 3.21. The van der Waals surface area contributed by atoms with E-state index < -0.39 is 0 Å². The normalized spacial score (nSPS) is 14.4. The van der Waals surface area contributed by atoms with Crippen molar-refractivity contribution < 1.29 is 4.79 Å². The summed E-state index contributed by atoms with van der Waals surface area (Å²) in [6.45, 7) is 3.89. The molecule has 0 N–H and O–H groups in total. The third kappa shape index (κ3) is 3.12. The Morgan fingerprint density at radius 3 is 2.77 bits per heavy atom. The van der Waals surface area contributed by atoms with Gasteiger partial charge >= 0.3 is 0 Å². The third-order valence-electron chi connectivity index (χ3n) is 4.75. The van der Waals surface area contributed by atoms with Crippen molar-refractivity contribution >= 4 is 44.9 Å². The number of rotatable bonds is 4. The minimum Gasteiger partial charge on any atom is -0.315 e. The number of benzene rings is 1. The van der Waals surface area contributed by atoms with Gasteiger partial charge in [-0.25, -0.2) is 9.97 Å². The maximum absolute atomic E-state index is 12.9. The van der Waals surface area contributed by atoms with Crippen LogP contribution in [0.5, 0.6) is 0 Å². The number of anilines is 1. The fourth-order valence-electron chi connectivity index (χ4n) is 3.42. The van der Waals surface area contributed by atoms with E-state index in [1.54, 1.807) is 28.0 Å². The molecule has 0 fully saturated rings. The Morgan fingerprint density at radius 2 is 2.00 bits per heavy atom. The number of nitrogens with zero attached hydrogens (tertiary/aromatic N) is 3. The monoisotopic (exact) mass is 383 g/mol. The van der Waals surface area contributed by atoms with Gasteiger partial charge in [0, 0.05) is 23.0 Å². The molecule has 0 unspecified atom stereocenters. The highest BCUT2D eigenvalue weighted by atomic mass is 32.2. The largest absolute Gasteiger partial charge is 0.315 e. The molecular formula is C20H21N3OS2. The number of fused-ring (bicyclic) bond motifs is 3. The minimum absolute atomic E-state index is 0.0810. The molecule has 1 amide bonds. The first-order valence-electron chi connectivity index (χ1n) is 8.82. The number of carbonyl (C=O) groups excluding carboxylic acids is 1. The molecule has 0 spiro atoms. The molecule has 2 heterocycles. The van der Waals surface area contributed by atoms with Gasteiger partial charge in [-0.05, 0) is 50.8 Å². The molecule has 0 saturated carbocycles. The molecule has 0 radical (unpaired) electrons. The first kappa shape index (κ1) is 17.5. The van der Waals surface area contributed by atoms with Gasteiger partial charge in [-0.2, -0.15) is 0 Å². The van der Waals surface area contributed by atoms with E-state index >= 15 is 0 Å². The Balaban J connectivity index is 1.63. The Hall–Kier alpha value is -1.92. The summed E-state index contributed by atoms with van der Waals surface area (Å²) in [5.41, 5.74) is 2.31. The van der Waals surface area contributed by atoms with E-state index in [2.05, 4.69) is 4.98 Å². The van der Waals surface area contributed by atoms with Crippen molar-refractivity contribution in [2.45, 2.75) is 43.4 Å². The molecule has 0 aliphatic heterocycles. The lowest BCUT2D eigenvalue weighted by Gasteiger charge is -2.21. The molecule has 4 nitrogen and oxygen atoms in total. The van der Waals surface area contributed by atoms with Crippen molar-refractivity contribution in [1.29, 1.82) is 0 Å². The van der Waals surface area contributed by atoms with Crippen molar-refractivity contribution in [1.82, 2.24) is 9.97 Å². The summed E-state index contributed by atoms with van der Waals surface area (Å²) in [6.07, 6.45) is 3.45. The van der Waals surface area contributed by atoms with Crippen molar-refractivity contribution in [3.05, 3.63) is 46.6 Å². The van der Waals surface area contributed by atoms with Gasteiger partial charge < -0.3 is 4.90 Å². The second-order valence-electron chi connectivity index (χ2n) is 6.61. The van der Waals surface area contributed by atoms with Gasteiger partial charge in [-0.1, -0.05) is 30.0 Å². The lowest BCUT2D eigenvalue weighted by atomic mass is 10.2. The van der Waals surface area contributed by atoms with E-state index in [1.807, 2.05) is 51.2 Å². The van der Waals surface area contributed by atoms with Crippen LogP contribution < -0.4 is 4.90 Å². The number of hydrogen-bond acceptors (Lipinski definition) is 5. The van der Waals surface area contributed by atoms with Crippen molar-refractivity contribution in [2.24, 2.45) is 0 Å². The van der Waals surface area contributed by atoms with Crippen LogP contribution in [0.15, 0.2) is 35.4 Å². The van der Waals surface area contributed by atoms with Gasteiger partial charge in [-0.15, -0.1) is 11.3 Å². The van der Waals surface area contributed by atoms with Crippen molar-refractivity contribution in [3.8, 4) is 0 Å². The zero-order valence-corrected chi connectivity index (χ0v) is 16.8. The Labute approximate surface area is 161 Å². The molecular weight excluding hydrogens is 362 g/mol. The van der Waals surface area contributed by atoms with Gasteiger partial charge in [-0.3, -0.25) is 4.79 Å². The molecule has 1 atom stereocenters. The summed E-state index contributed by atoms with van der Waals surface area (Å²) in [6, 6.07) is 9.76. The number of thiophene rings is 1. The zero-order chi connectivity index (χ0) is 18.3. The van der Waals surface area contributed by atoms with Crippen LogP contribution in [0.25, 0.3) is 10.2 Å². The molecule has 6 heteroatoms. The van der Waals surface area contributed by atoms with E-state index in [4.69, 9.17) is 4.98 Å². The fourth-order valence-corrected chi connectivity index (χ4v) is 5.91. The predicted octanol–water partition coefficient (Wildman–Crippen LogP) is 4.63. The summed E-state index contributed by atoms with van der Waals surface area (Å²) >= 11 is 3.35. The molecule has 3 aromatic rings. The highest BCUT2D eigenvalue weighted by Crippen LogP contribution is 2.41. The fraction of sp³-hybridized carbons (Fsp3) is 0.350. The molecule has 1 aliphatic carbocycles. The van der Waals surface area contributed by atoms with Crippen LogP contribution in [0.3, 0.4) is 0 Å². The van der Waals surface area contributed by atoms with Crippen molar-refractivity contribution in [3.63, 3.8) is 0 Å². The van der Waals surface area contributed by atoms with Gasteiger partial charge in [0.2, 0.25) is 5.91 Å². The quantitative estimate of drug-likeness (QED) is 0.487. The van der Waals surface area contributed by atoms with Crippen LogP contribution in [0.2, 0.25) is 0 Å². The summed E-state index contributed by atoms with van der Waals surface area (Å²) in [7, 11) is 1.83. The maximum atomic E-state index is 12.9. The Morgan fingerprint density at radius 1 is 1.23 bits per heavy atom. The molecule has 2 aromatic heterocycles. The lowest BCUT2D eigenvalue weighted by Crippen LogP contribution is -2.33. The molecule has 0 bridgehead atoms. The SMILES string of the molecule is Cc1nc(S[C@H](C)C(=O)N(C)c2ccccc2)c2c3c(sc2n1)CCC3. The number of amides is 1. The number of thioether (sulfide) groups is 1. The predicted molar refractivity (Wildman–Crippen MR) is 109 cm³/mol. The van der Waals surface area contributed by atoms with E-state index in [9.17, 15) is 4.79 Å². The van der Waals surface area contributed by atoms with Gasteiger partial charge in [0.25, 0.3) is 0 Å². The maximum Gasteiger partial charge on any atom is 0.239 e. The standard InChI is InChI=1S/C20H21N3OS2/c1-12(20(24)23(3)14-8-5-4-6-9-14)25-18-17-15-10-7-11-16(15)26-19(17)22-13(2)21-18/h4-6,8-9,12H,7,10-11H2,1-3H3/t12-/m1/s1. The number of aromatic nitrogens is 2. The van der Waals surface area contributed by atoms with Crippen LogP contribution in [0.4, 0.5) is 5.69 Å². The van der Waals surface area contributed by atoms with Gasteiger partial charge in [0.15, 0.2) is 0 Å².